The molecule has 5 fully saturated rings. The molecule has 1 amide bonds. The molecule has 5 saturated carbocycles. The maximum absolute atomic E-state index is 14.8. The average molecular weight is 831 g/mol. The Bertz CT molecular complexity index is 1910. The maximum Gasteiger partial charge on any atom is 0.309 e. The van der Waals surface area contributed by atoms with Gasteiger partial charge in [0, 0.05) is 36.8 Å². The van der Waals surface area contributed by atoms with Crippen LogP contribution in [0.4, 0.5) is 0 Å². The number of carbonyl (C=O) groups is 4. The quantitative estimate of drug-likeness (QED) is 0.199. The third-order valence-corrected chi connectivity index (χ3v) is 18.9. The molecule has 0 radical (unpaired) electrons. The highest BCUT2D eigenvalue weighted by molar-refractivity contribution is 6.01. The first-order valence-electron chi connectivity index (χ1n) is 23.5. The van der Waals surface area contributed by atoms with Crippen molar-refractivity contribution in [3.8, 4) is 0 Å². The van der Waals surface area contributed by atoms with Crippen molar-refractivity contribution in [2.45, 2.75) is 165 Å². The largest absolute Gasteiger partial charge is 0.481 e. The highest BCUT2D eigenvalue weighted by Gasteiger charge is 2.70. The van der Waals surface area contributed by atoms with E-state index in [1.165, 1.54) is 5.57 Å². The van der Waals surface area contributed by atoms with Crippen molar-refractivity contribution in [3.63, 3.8) is 0 Å². The Labute approximate surface area is 360 Å². The molecule has 7 rings (SSSR count). The van der Waals surface area contributed by atoms with Gasteiger partial charge in [0.2, 0.25) is 5.91 Å². The van der Waals surface area contributed by atoms with Crippen LogP contribution in [0, 0.1) is 68.0 Å². The SMILES string of the molecule is CC(C)C1=C2[C@H]3CC[C@@H]4[C@@]5(C)CC[C@H](OC(=O)[C@H]6C[C@@H](C(=O)O)C6(C)C)C(C)(C)[C@@H]5CC[C@@]4(C)[C@]3(C)CC[C@@]2(CC(=O)N(CCN(C)C)Cc2cc(C(C)C)n[nH]2)CC1=O. The fourth-order valence-corrected chi connectivity index (χ4v) is 15.1. The monoisotopic (exact) mass is 831 g/mol. The van der Waals surface area contributed by atoms with Crippen LogP contribution >= 0.6 is 0 Å². The Kier molecular flexibility index (Phi) is 11.5. The third-order valence-electron chi connectivity index (χ3n) is 18.9. The zero-order valence-corrected chi connectivity index (χ0v) is 39.4. The summed E-state index contributed by atoms with van der Waals surface area (Å²) in [7, 11) is 4.09. The lowest BCUT2D eigenvalue weighted by atomic mass is 9.33. The van der Waals surface area contributed by atoms with Crippen molar-refractivity contribution in [1.82, 2.24) is 20.0 Å². The molecule has 6 aliphatic rings. The summed E-state index contributed by atoms with van der Waals surface area (Å²) < 4.78 is 6.45. The van der Waals surface area contributed by atoms with Crippen molar-refractivity contribution in [2.24, 2.45) is 68.0 Å². The number of carboxylic acids is 1. The second kappa shape index (κ2) is 15.4. The number of aliphatic carboxylic acids is 1. The van der Waals surface area contributed by atoms with E-state index in [-0.39, 0.29) is 63.2 Å². The van der Waals surface area contributed by atoms with Gasteiger partial charge in [-0.15, -0.1) is 0 Å². The van der Waals surface area contributed by atoms with E-state index in [0.29, 0.717) is 50.1 Å². The first-order chi connectivity index (χ1) is 27.8. The molecule has 1 aromatic heterocycles. The molecule has 0 aromatic carbocycles. The van der Waals surface area contributed by atoms with Crippen molar-refractivity contribution < 1.29 is 29.0 Å². The minimum atomic E-state index is -0.830. The number of allylic oxidation sites excluding steroid dienone is 2. The number of carbonyl (C=O) groups excluding carboxylic acids is 3. The van der Waals surface area contributed by atoms with Gasteiger partial charge in [-0.1, -0.05) is 81.7 Å². The fraction of sp³-hybridized carbons (Fsp3) is 0.820. The van der Waals surface area contributed by atoms with Gasteiger partial charge in [-0.25, -0.2) is 0 Å². The van der Waals surface area contributed by atoms with Crippen molar-refractivity contribution in [2.75, 3.05) is 27.2 Å². The molecule has 10 nitrogen and oxygen atoms in total. The Balaban J connectivity index is 1.14. The molecule has 0 bridgehead atoms. The molecule has 6 aliphatic carbocycles. The number of aromatic nitrogens is 2. The van der Waals surface area contributed by atoms with Gasteiger partial charge in [0.1, 0.15) is 6.10 Å². The van der Waals surface area contributed by atoms with Gasteiger partial charge in [-0.3, -0.25) is 24.3 Å². The molecule has 1 aromatic rings. The van der Waals surface area contributed by atoms with Crippen LogP contribution in [0.5, 0.6) is 0 Å². The standard InChI is InChI=1S/C50H78N4O6/c1-29(2)35-24-31(51-52-35)28-54(23-22-53(12)13)40(56)27-50-21-20-48(10)32(42(50)41(30(3)4)36(55)26-50)14-15-38-47(9)18-17-39(46(7,8)37(47)16-19-49(38,48)11)60-44(59)34-25-33(43(57)58)45(34,5)6/h24,29-30,32-34,37-39H,14-23,25-28H2,1-13H3,(H,51,52)(H,57,58)/t32-,33+,34-,37+,38-,39+,47+,48-,49-,50+/m1/s1. The lowest BCUT2D eigenvalue weighted by molar-refractivity contribution is -0.236. The topological polar surface area (TPSA) is 133 Å². The van der Waals surface area contributed by atoms with Gasteiger partial charge in [-0.05, 0) is 135 Å². The van der Waals surface area contributed by atoms with Crippen LogP contribution in [0.1, 0.15) is 164 Å². The lowest BCUT2D eigenvalue weighted by Crippen LogP contribution is -2.66. The van der Waals surface area contributed by atoms with Gasteiger partial charge in [0.05, 0.1) is 29.8 Å². The number of Topliss-reactive ketones (excluding diaryl/α,β-unsaturated/α-hetero) is 1. The molecule has 1 heterocycles. The number of hydrogen-bond donors (Lipinski definition) is 2. The predicted molar refractivity (Wildman–Crippen MR) is 234 cm³/mol. The van der Waals surface area contributed by atoms with Gasteiger partial charge >= 0.3 is 11.9 Å². The first-order valence-corrected chi connectivity index (χ1v) is 23.5. The van der Waals surface area contributed by atoms with Crippen LogP contribution < -0.4 is 0 Å². The summed E-state index contributed by atoms with van der Waals surface area (Å²) in [6.07, 6.45) is 8.94. The number of fused-ring (bicyclic) bond motifs is 7. The Morgan fingerprint density at radius 1 is 0.850 bits per heavy atom. The van der Waals surface area contributed by atoms with E-state index in [0.717, 1.165) is 74.9 Å². The summed E-state index contributed by atoms with van der Waals surface area (Å²) in [5.41, 5.74) is 3.12. The predicted octanol–water partition coefficient (Wildman–Crippen LogP) is 9.45. The summed E-state index contributed by atoms with van der Waals surface area (Å²) in [4.78, 5) is 58.8. The molecule has 60 heavy (non-hydrogen) atoms. The number of amides is 1. The highest BCUT2D eigenvalue weighted by Crippen LogP contribution is 2.77. The third kappa shape index (κ3) is 6.94. The number of H-pyrrole nitrogens is 1. The molecule has 0 aliphatic heterocycles. The Morgan fingerprint density at radius 2 is 1.55 bits per heavy atom. The number of aromatic amines is 1. The number of likely N-dealkylation sites (N-methyl/N-ethyl adjacent to an activating group) is 1. The van der Waals surface area contributed by atoms with Gasteiger partial charge < -0.3 is 19.6 Å². The molecule has 2 N–H and O–H groups in total. The molecule has 10 heteroatoms. The van der Waals surface area contributed by atoms with Crippen LogP contribution in [0.15, 0.2) is 17.2 Å². The summed E-state index contributed by atoms with van der Waals surface area (Å²) in [5, 5.41) is 17.4. The van der Waals surface area contributed by atoms with Gasteiger partial charge in [0.15, 0.2) is 5.78 Å². The molecule has 0 spiro atoms. The normalized spacial score (nSPS) is 37.9. The number of ether oxygens (including phenoxy) is 1. The Hall–Kier alpha value is -3.01. The van der Waals surface area contributed by atoms with E-state index < -0.39 is 22.7 Å². The minimum Gasteiger partial charge on any atom is -0.481 e. The van der Waals surface area contributed by atoms with E-state index in [9.17, 15) is 24.3 Å². The fourth-order valence-electron chi connectivity index (χ4n) is 15.1. The number of nitrogens with zero attached hydrogens (tertiary/aromatic N) is 3. The summed E-state index contributed by atoms with van der Waals surface area (Å²) in [5.74, 6) is -0.0320. The van der Waals surface area contributed by atoms with Crippen LogP contribution in [0.2, 0.25) is 0 Å². The smallest absolute Gasteiger partial charge is 0.309 e. The summed E-state index contributed by atoms with van der Waals surface area (Å²) in [6.45, 7) is 26.6. The molecule has 334 valence electrons. The number of nitrogens with one attached hydrogen (secondary N) is 1. The maximum atomic E-state index is 14.8. The second-order valence-electron chi connectivity index (χ2n) is 23.5. The van der Waals surface area contributed by atoms with E-state index in [1.807, 2.05) is 32.8 Å². The molecule has 0 unspecified atom stereocenters. The number of esters is 1. The summed E-state index contributed by atoms with van der Waals surface area (Å²) in [6, 6.07) is 2.09. The number of ketones is 1. The Morgan fingerprint density at radius 3 is 2.15 bits per heavy atom. The van der Waals surface area contributed by atoms with Gasteiger partial charge in [0.25, 0.3) is 0 Å². The number of rotatable bonds is 12. The number of carboxylic acid groups (broad SMARTS) is 1. The van der Waals surface area contributed by atoms with E-state index in [2.05, 4.69) is 83.5 Å². The van der Waals surface area contributed by atoms with Gasteiger partial charge in [-0.2, -0.15) is 5.10 Å². The van der Waals surface area contributed by atoms with E-state index in [1.54, 1.807) is 0 Å². The van der Waals surface area contributed by atoms with Crippen molar-refractivity contribution >= 4 is 23.6 Å². The van der Waals surface area contributed by atoms with Crippen LogP contribution in [0.25, 0.3) is 0 Å². The molecule has 10 atom stereocenters. The van der Waals surface area contributed by atoms with E-state index >= 15 is 0 Å². The summed E-state index contributed by atoms with van der Waals surface area (Å²) >= 11 is 0. The first kappa shape index (κ1) is 45.0. The van der Waals surface area contributed by atoms with E-state index in [4.69, 9.17) is 4.74 Å². The molecule has 0 saturated heterocycles. The van der Waals surface area contributed by atoms with Crippen molar-refractivity contribution in [3.05, 3.63) is 28.6 Å². The zero-order chi connectivity index (χ0) is 44.1. The van der Waals surface area contributed by atoms with Crippen LogP contribution in [0.3, 0.4) is 0 Å². The van der Waals surface area contributed by atoms with Crippen LogP contribution in [-0.4, -0.2) is 82.0 Å². The molecular formula is C50H78N4O6. The second-order valence-corrected chi connectivity index (χ2v) is 23.5. The lowest BCUT2D eigenvalue weighted by Gasteiger charge is -2.72. The zero-order valence-electron chi connectivity index (χ0n) is 39.4. The van der Waals surface area contributed by atoms with Crippen LogP contribution in [-0.2, 0) is 30.5 Å². The average Bonchev–Trinajstić information content (AvgIpc) is 3.73. The minimum absolute atomic E-state index is 0.0196. The number of hydrogen-bond acceptors (Lipinski definition) is 7. The van der Waals surface area contributed by atoms with Crippen molar-refractivity contribution in [1.29, 1.82) is 0 Å². The highest BCUT2D eigenvalue weighted by atomic mass is 16.5. The molecular weight excluding hydrogens is 753 g/mol.